The molecule has 0 saturated carbocycles. The monoisotopic (exact) mass is 486 g/mol. The van der Waals surface area contributed by atoms with Crippen molar-refractivity contribution in [3.05, 3.63) is 93.0 Å². The Balaban J connectivity index is 1.36. The number of hydrogen-bond donors (Lipinski definition) is 0. The van der Waals surface area contributed by atoms with Gasteiger partial charge in [-0.1, -0.05) is 48.2 Å². The highest BCUT2D eigenvalue weighted by Crippen LogP contribution is 2.35. The fourth-order valence-electron chi connectivity index (χ4n) is 4.60. The number of thiophene rings is 1. The van der Waals surface area contributed by atoms with Crippen molar-refractivity contribution in [2.75, 3.05) is 5.75 Å². The Labute approximate surface area is 204 Å². The molecule has 0 spiro atoms. The molecule has 0 saturated heterocycles. The molecule has 0 N–H and O–H groups in total. The van der Waals surface area contributed by atoms with Gasteiger partial charge in [0.25, 0.3) is 5.56 Å². The second-order valence-electron chi connectivity index (χ2n) is 8.53. The fraction of sp³-hybridized carbons (Fsp3) is 0.222. The zero-order valence-corrected chi connectivity index (χ0v) is 20.1. The molecule has 5 nitrogen and oxygen atoms in total. The van der Waals surface area contributed by atoms with E-state index in [9.17, 15) is 9.59 Å². The quantitative estimate of drug-likeness (QED) is 0.165. The first-order valence-corrected chi connectivity index (χ1v) is 13.2. The number of thioether (sulfide) groups is 1. The topological polar surface area (TPSA) is 65.1 Å². The molecule has 0 bridgehead atoms. The summed E-state index contributed by atoms with van der Waals surface area (Å²) >= 11 is 2.95. The van der Waals surface area contributed by atoms with E-state index in [2.05, 4.69) is 0 Å². The van der Waals surface area contributed by atoms with Gasteiger partial charge in [-0.2, -0.15) is 0 Å². The van der Waals surface area contributed by atoms with Gasteiger partial charge < -0.3 is 4.42 Å². The van der Waals surface area contributed by atoms with Crippen molar-refractivity contribution >= 4 is 49.9 Å². The van der Waals surface area contributed by atoms with Crippen LogP contribution in [0.4, 0.5) is 0 Å². The molecule has 0 fully saturated rings. The largest absolute Gasteiger partial charge is 0.467 e. The first kappa shape index (κ1) is 21.4. The van der Waals surface area contributed by atoms with Gasteiger partial charge in [0, 0.05) is 10.4 Å². The predicted octanol–water partition coefficient (Wildman–Crippen LogP) is 6.11. The van der Waals surface area contributed by atoms with E-state index in [-0.39, 0.29) is 17.1 Å². The van der Waals surface area contributed by atoms with Gasteiger partial charge in [0.1, 0.15) is 10.6 Å². The average Bonchev–Trinajstić information content (AvgIpc) is 3.51. The summed E-state index contributed by atoms with van der Waals surface area (Å²) in [6.07, 6.45) is 5.81. The van der Waals surface area contributed by atoms with Crippen LogP contribution in [0.1, 0.15) is 39.4 Å². The fourth-order valence-corrected chi connectivity index (χ4v) is 6.80. The summed E-state index contributed by atoms with van der Waals surface area (Å²) in [6, 6.07) is 17.4. The van der Waals surface area contributed by atoms with Crippen molar-refractivity contribution in [2.45, 2.75) is 37.4 Å². The lowest BCUT2D eigenvalue weighted by Gasteiger charge is -2.13. The lowest BCUT2D eigenvalue weighted by Crippen LogP contribution is -2.24. The van der Waals surface area contributed by atoms with E-state index >= 15 is 0 Å². The summed E-state index contributed by atoms with van der Waals surface area (Å²) in [5.41, 5.74) is 1.79. The van der Waals surface area contributed by atoms with Crippen molar-refractivity contribution in [3.8, 4) is 0 Å². The molecule has 2 aromatic carbocycles. The Bertz CT molecular complexity index is 1580. The van der Waals surface area contributed by atoms with Crippen molar-refractivity contribution in [1.82, 2.24) is 9.55 Å². The smallest absolute Gasteiger partial charge is 0.263 e. The van der Waals surface area contributed by atoms with E-state index in [4.69, 9.17) is 9.40 Å². The van der Waals surface area contributed by atoms with Crippen LogP contribution in [0.3, 0.4) is 0 Å². The van der Waals surface area contributed by atoms with E-state index in [0.717, 1.165) is 46.7 Å². The minimum absolute atomic E-state index is 0.0140. The summed E-state index contributed by atoms with van der Waals surface area (Å²) in [4.78, 5) is 33.7. The lowest BCUT2D eigenvalue weighted by molar-refractivity contribution is 0.102. The highest BCUT2D eigenvalue weighted by atomic mass is 32.2. The minimum atomic E-state index is -0.0403. The van der Waals surface area contributed by atoms with Crippen LogP contribution in [-0.4, -0.2) is 21.1 Å². The molecule has 5 aromatic rings. The number of carbonyl (C=O) groups is 1. The zero-order valence-electron chi connectivity index (χ0n) is 18.5. The molecule has 34 heavy (non-hydrogen) atoms. The van der Waals surface area contributed by atoms with Gasteiger partial charge in [0.05, 0.1) is 23.9 Å². The van der Waals surface area contributed by atoms with Crippen molar-refractivity contribution in [1.29, 1.82) is 0 Å². The number of aromatic nitrogens is 2. The van der Waals surface area contributed by atoms with Crippen LogP contribution in [0.15, 0.2) is 75.2 Å². The highest BCUT2D eigenvalue weighted by molar-refractivity contribution is 7.99. The zero-order chi connectivity index (χ0) is 23.1. The number of nitrogens with zero attached hydrogens (tertiary/aromatic N) is 2. The highest BCUT2D eigenvalue weighted by Gasteiger charge is 2.23. The van der Waals surface area contributed by atoms with E-state index in [1.807, 2.05) is 54.6 Å². The van der Waals surface area contributed by atoms with E-state index in [1.165, 1.54) is 22.2 Å². The molecule has 0 aliphatic heterocycles. The van der Waals surface area contributed by atoms with Gasteiger partial charge in [-0.15, -0.1) is 11.3 Å². The van der Waals surface area contributed by atoms with Crippen LogP contribution in [0.25, 0.3) is 21.0 Å². The van der Waals surface area contributed by atoms with Gasteiger partial charge >= 0.3 is 0 Å². The SMILES string of the molecule is O=C(CSc1nc2sc3c(c2c(=O)n1Cc1ccco1)CCCC3)c1ccc2ccccc2c1. The second kappa shape index (κ2) is 8.89. The predicted molar refractivity (Wildman–Crippen MR) is 137 cm³/mol. The summed E-state index contributed by atoms with van der Waals surface area (Å²) in [6.45, 7) is 0.298. The van der Waals surface area contributed by atoms with Gasteiger partial charge in [0.2, 0.25) is 0 Å². The molecular formula is C27H22N2O3S2. The van der Waals surface area contributed by atoms with Gasteiger partial charge in [-0.3, -0.25) is 14.2 Å². The molecule has 0 radical (unpaired) electrons. The van der Waals surface area contributed by atoms with Gasteiger partial charge in [-0.05, 0) is 60.2 Å². The van der Waals surface area contributed by atoms with Crippen LogP contribution in [0, 0.1) is 0 Å². The molecule has 1 aliphatic carbocycles. The number of furan rings is 1. The first-order chi connectivity index (χ1) is 16.7. The van der Waals surface area contributed by atoms with Gasteiger partial charge in [-0.25, -0.2) is 4.98 Å². The Hall–Kier alpha value is -3.16. The molecule has 6 rings (SSSR count). The second-order valence-corrected chi connectivity index (χ2v) is 10.6. The summed E-state index contributed by atoms with van der Waals surface area (Å²) in [5, 5.41) is 3.45. The summed E-state index contributed by atoms with van der Waals surface area (Å²) in [7, 11) is 0. The standard InChI is InChI=1S/C27H22N2O3S2/c30-22(19-12-11-17-6-1-2-7-18(17)14-19)16-33-27-28-25-24(21-9-3-4-10-23(21)34-25)26(31)29(27)15-20-8-5-13-32-20/h1-2,5-8,11-14H,3-4,9-10,15-16H2. The van der Waals surface area contributed by atoms with Crippen molar-refractivity contribution < 1.29 is 9.21 Å². The number of aryl methyl sites for hydroxylation is 2. The summed E-state index contributed by atoms with van der Waals surface area (Å²) in [5.74, 6) is 0.912. The number of carbonyl (C=O) groups excluding carboxylic acids is 1. The molecule has 7 heteroatoms. The Morgan fingerprint density at radius 1 is 1.06 bits per heavy atom. The molecule has 1 aliphatic rings. The van der Waals surface area contributed by atoms with E-state index in [1.54, 1.807) is 22.2 Å². The average molecular weight is 487 g/mol. The third-order valence-electron chi connectivity index (χ3n) is 6.34. The van der Waals surface area contributed by atoms with Crippen molar-refractivity contribution in [3.63, 3.8) is 0 Å². The normalized spacial score (nSPS) is 13.4. The molecule has 170 valence electrons. The van der Waals surface area contributed by atoms with Crippen LogP contribution >= 0.6 is 23.1 Å². The number of hydrogen-bond acceptors (Lipinski definition) is 6. The lowest BCUT2D eigenvalue weighted by atomic mass is 9.97. The number of Topliss-reactive ketones (excluding diaryl/α,β-unsaturated/α-hetero) is 1. The minimum Gasteiger partial charge on any atom is -0.467 e. The molecular weight excluding hydrogens is 464 g/mol. The number of ketones is 1. The summed E-state index contributed by atoms with van der Waals surface area (Å²) < 4.78 is 7.20. The molecule has 0 unspecified atom stereocenters. The van der Waals surface area contributed by atoms with E-state index < -0.39 is 0 Å². The molecule has 0 amide bonds. The Kier molecular flexibility index (Phi) is 5.59. The number of fused-ring (bicyclic) bond motifs is 4. The van der Waals surface area contributed by atoms with Crippen LogP contribution in [-0.2, 0) is 19.4 Å². The van der Waals surface area contributed by atoms with Crippen LogP contribution < -0.4 is 5.56 Å². The number of rotatable bonds is 6. The third kappa shape index (κ3) is 3.89. The Morgan fingerprint density at radius 2 is 1.91 bits per heavy atom. The molecule has 3 aromatic heterocycles. The van der Waals surface area contributed by atoms with Crippen LogP contribution in [0.5, 0.6) is 0 Å². The maximum Gasteiger partial charge on any atom is 0.263 e. The number of benzene rings is 2. The maximum atomic E-state index is 13.7. The third-order valence-corrected chi connectivity index (χ3v) is 8.50. The Morgan fingerprint density at radius 3 is 2.76 bits per heavy atom. The van der Waals surface area contributed by atoms with E-state index in [0.29, 0.717) is 23.0 Å². The van der Waals surface area contributed by atoms with Crippen molar-refractivity contribution in [2.24, 2.45) is 0 Å². The maximum absolute atomic E-state index is 13.7. The van der Waals surface area contributed by atoms with Gasteiger partial charge in [0.15, 0.2) is 10.9 Å². The molecule has 3 heterocycles. The van der Waals surface area contributed by atoms with Crippen LogP contribution in [0.2, 0.25) is 0 Å². The first-order valence-electron chi connectivity index (χ1n) is 11.4. The molecule has 0 atom stereocenters.